The molecule has 1 aromatic rings. The maximum absolute atomic E-state index is 12.2. The van der Waals surface area contributed by atoms with Crippen LogP contribution in [0.5, 0.6) is 0 Å². The fourth-order valence-corrected chi connectivity index (χ4v) is 2.75. The van der Waals surface area contributed by atoms with Gasteiger partial charge in [-0.05, 0) is 38.0 Å². The standard InChI is InChI=1S/C18H21ClN4O3/c1-2-26-18(25)23-8-6-15(7-9-23)21-12-13(11-20)17(24)22-16-5-3-4-14(19)10-16/h3-5,10,12,15,21H,2,6-9H2,1H3,(H,22,24)/b13-12-. The van der Waals surface area contributed by atoms with Crippen molar-refractivity contribution in [2.24, 2.45) is 0 Å². The minimum absolute atomic E-state index is 0.0298. The lowest BCUT2D eigenvalue weighted by molar-refractivity contribution is -0.112. The van der Waals surface area contributed by atoms with Crippen molar-refractivity contribution in [2.45, 2.75) is 25.8 Å². The molecule has 0 aliphatic carbocycles. The van der Waals surface area contributed by atoms with Crippen molar-refractivity contribution >= 4 is 29.3 Å². The molecule has 1 fully saturated rings. The van der Waals surface area contributed by atoms with E-state index in [9.17, 15) is 14.9 Å². The Morgan fingerprint density at radius 1 is 1.42 bits per heavy atom. The van der Waals surface area contributed by atoms with E-state index in [-0.39, 0.29) is 17.7 Å². The van der Waals surface area contributed by atoms with Crippen molar-refractivity contribution < 1.29 is 14.3 Å². The second-order valence-corrected chi connectivity index (χ2v) is 6.20. The zero-order valence-electron chi connectivity index (χ0n) is 14.5. The molecule has 1 heterocycles. The van der Waals surface area contributed by atoms with Gasteiger partial charge in [0.05, 0.1) is 6.61 Å². The van der Waals surface area contributed by atoms with E-state index in [2.05, 4.69) is 10.6 Å². The van der Waals surface area contributed by atoms with Gasteiger partial charge in [0.25, 0.3) is 5.91 Å². The van der Waals surface area contributed by atoms with Crippen LogP contribution in [0.3, 0.4) is 0 Å². The monoisotopic (exact) mass is 376 g/mol. The van der Waals surface area contributed by atoms with Crippen LogP contribution in [0.1, 0.15) is 19.8 Å². The van der Waals surface area contributed by atoms with Gasteiger partial charge in [-0.3, -0.25) is 4.79 Å². The first kappa shape index (κ1) is 19.6. The highest BCUT2D eigenvalue weighted by Crippen LogP contribution is 2.16. The fraction of sp³-hybridized carbons (Fsp3) is 0.389. The van der Waals surface area contributed by atoms with Crippen LogP contribution in [-0.2, 0) is 9.53 Å². The van der Waals surface area contributed by atoms with E-state index in [4.69, 9.17) is 16.3 Å². The lowest BCUT2D eigenvalue weighted by atomic mass is 10.1. The molecule has 2 amide bonds. The molecule has 0 aromatic heterocycles. The van der Waals surface area contributed by atoms with E-state index in [1.807, 2.05) is 6.07 Å². The summed E-state index contributed by atoms with van der Waals surface area (Å²) in [6.45, 7) is 3.27. The first-order valence-electron chi connectivity index (χ1n) is 8.38. The highest BCUT2D eigenvalue weighted by atomic mass is 35.5. The number of carbonyl (C=O) groups excluding carboxylic acids is 2. The second kappa shape index (κ2) is 9.68. The van der Waals surface area contributed by atoms with E-state index in [0.29, 0.717) is 43.2 Å². The number of ether oxygens (including phenoxy) is 1. The van der Waals surface area contributed by atoms with Gasteiger partial charge in [-0.2, -0.15) is 5.26 Å². The Kier molecular flexibility index (Phi) is 7.30. The van der Waals surface area contributed by atoms with Crippen LogP contribution in [0.25, 0.3) is 0 Å². The molecule has 7 nitrogen and oxygen atoms in total. The van der Waals surface area contributed by atoms with Crippen LogP contribution in [0, 0.1) is 11.3 Å². The molecular weight excluding hydrogens is 356 g/mol. The molecular formula is C18H21ClN4O3. The summed E-state index contributed by atoms with van der Waals surface area (Å²) < 4.78 is 4.98. The Bertz CT molecular complexity index is 721. The van der Waals surface area contributed by atoms with E-state index >= 15 is 0 Å². The smallest absolute Gasteiger partial charge is 0.409 e. The van der Waals surface area contributed by atoms with Crippen molar-refractivity contribution in [3.05, 3.63) is 41.1 Å². The van der Waals surface area contributed by atoms with Gasteiger partial charge in [0, 0.05) is 36.0 Å². The third-order valence-corrected chi connectivity index (χ3v) is 4.17. The molecule has 0 spiro atoms. The van der Waals surface area contributed by atoms with E-state index in [1.165, 1.54) is 6.20 Å². The third-order valence-electron chi connectivity index (χ3n) is 3.93. The number of hydrogen-bond acceptors (Lipinski definition) is 5. The average molecular weight is 377 g/mol. The summed E-state index contributed by atoms with van der Waals surface area (Å²) in [6, 6.07) is 8.68. The molecule has 1 aliphatic rings. The Morgan fingerprint density at radius 2 is 2.15 bits per heavy atom. The number of halogens is 1. The largest absolute Gasteiger partial charge is 0.450 e. The highest BCUT2D eigenvalue weighted by molar-refractivity contribution is 6.31. The lowest BCUT2D eigenvalue weighted by Gasteiger charge is -2.31. The molecule has 0 atom stereocenters. The zero-order chi connectivity index (χ0) is 18.9. The molecule has 0 saturated carbocycles. The Balaban J connectivity index is 1.87. The van der Waals surface area contributed by atoms with Gasteiger partial charge in [0.1, 0.15) is 11.6 Å². The van der Waals surface area contributed by atoms with Gasteiger partial charge in [-0.25, -0.2) is 4.79 Å². The highest BCUT2D eigenvalue weighted by Gasteiger charge is 2.23. The zero-order valence-corrected chi connectivity index (χ0v) is 15.3. The number of amides is 2. The molecule has 0 bridgehead atoms. The second-order valence-electron chi connectivity index (χ2n) is 5.76. The van der Waals surface area contributed by atoms with Gasteiger partial charge in [-0.15, -0.1) is 0 Å². The molecule has 1 aromatic carbocycles. The van der Waals surface area contributed by atoms with Crippen LogP contribution in [-0.4, -0.2) is 42.6 Å². The summed E-state index contributed by atoms with van der Waals surface area (Å²) in [6.07, 6.45) is 2.54. The van der Waals surface area contributed by atoms with Gasteiger partial charge >= 0.3 is 6.09 Å². The van der Waals surface area contributed by atoms with Crippen molar-refractivity contribution in [3.63, 3.8) is 0 Å². The summed E-state index contributed by atoms with van der Waals surface area (Å²) >= 11 is 5.88. The van der Waals surface area contributed by atoms with Gasteiger partial charge < -0.3 is 20.3 Å². The molecule has 0 unspecified atom stereocenters. The number of carbonyl (C=O) groups is 2. The molecule has 26 heavy (non-hydrogen) atoms. The molecule has 8 heteroatoms. The molecule has 138 valence electrons. The van der Waals surface area contributed by atoms with Crippen LogP contribution in [0.4, 0.5) is 10.5 Å². The predicted octanol–water partition coefficient (Wildman–Crippen LogP) is 2.90. The summed E-state index contributed by atoms with van der Waals surface area (Å²) in [7, 11) is 0. The van der Waals surface area contributed by atoms with Gasteiger partial charge in [0.2, 0.25) is 0 Å². The normalized spacial score (nSPS) is 15.1. The molecule has 1 aliphatic heterocycles. The Hall–Kier alpha value is -2.72. The molecule has 0 radical (unpaired) electrons. The lowest BCUT2D eigenvalue weighted by Crippen LogP contribution is -2.44. The first-order chi connectivity index (χ1) is 12.5. The SMILES string of the molecule is CCOC(=O)N1CCC(N/C=C(/C#N)C(=O)Nc2cccc(Cl)c2)CC1. The number of rotatable bonds is 5. The number of nitrogens with one attached hydrogen (secondary N) is 2. The summed E-state index contributed by atoms with van der Waals surface area (Å²) in [5.41, 5.74) is 0.490. The number of anilines is 1. The van der Waals surface area contributed by atoms with Crippen LogP contribution < -0.4 is 10.6 Å². The third kappa shape index (κ3) is 5.67. The summed E-state index contributed by atoms with van der Waals surface area (Å²) in [4.78, 5) is 25.5. The number of hydrogen-bond donors (Lipinski definition) is 2. The minimum atomic E-state index is -0.508. The molecule has 1 saturated heterocycles. The van der Waals surface area contributed by atoms with Crippen molar-refractivity contribution in [2.75, 3.05) is 25.0 Å². The number of nitriles is 1. The van der Waals surface area contributed by atoms with Crippen LogP contribution in [0.2, 0.25) is 5.02 Å². The molecule has 2 rings (SSSR count). The number of benzene rings is 1. The molecule has 2 N–H and O–H groups in total. The number of nitrogens with zero attached hydrogens (tertiary/aromatic N) is 2. The summed E-state index contributed by atoms with van der Waals surface area (Å²) in [5, 5.41) is 15.4. The van der Waals surface area contributed by atoms with Crippen molar-refractivity contribution in [1.29, 1.82) is 5.26 Å². The topological polar surface area (TPSA) is 94.5 Å². The Morgan fingerprint density at radius 3 is 2.77 bits per heavy atom. The maximum Gasteiger partial charge on any atom is 0.409 e. The maximum atomic E-state index is 12.2. The summed E-state index contributed by atoms with van der Waals surface area (Å²) in [5.74, 6) is -0.508. The van der Waals surface area contributed by atoms with Gasteiger partial charge in [-0.1, -0.05) is 17.7 Å². The van der Waals surface area contributed by atoms with Crippen LogP contribution in [0.15, 0.2) is 36.0 Å². The minimum Gasteiger partial charge on any atom is -0.450 e. The predicted molar refractivity (Wildman–Crippen MR) is 98.5 cm³/mol. The van der Waals surface area contributed by atoms with E-state index < -0.39 is 5.91 Å². The van der Waals surface area contributed by atoms with E-state index in [1.54, 1.807) is 36.1 Å². The average Bonchev–Trinajstić information content (AvgIpc) is 2.63. The van der Waals surface area contributed by atoms with Crippen molar-refractivity contribution in [3.8, 4) is 6.07 Å². The van der Waals surface area contributed by atoms with E-state index in [0.717, 1.165) is 0 Å². The first-order valence-corrected chi connectivity index (χ1v) is 8.76. The number of piperidine rings is 1. The van der Waals surface area contributed by atoms with Gasteiger partial charge in [0.15, 0.2) is 0 Å². The Labute approximate surface area is 157 Å². The number of likely N-dealkylation sites (tertiary alicyclic amines) is 1. The van der Waals surface area contributed by atoms with Crippen LogP contribution >= 0.6 is 11.6 Å². The quantitative estimate of drug-likeness (QED) is 0.608. The fourth-order valence-electron chi connectivity index (χ4n) is 2.56. The van der Waals surface area contributed by atoms with Crippen molar-refractivity contribution in [1.82, 2.24) is 10.2 Å².